The van der Waals surface area contributed by atoms with E-state index in [-0.39, 0.29) is 0 Å². The van der Waals surface area contributed by atoms with Crippen molar-refractivity contribution in [3.8, 4) is 0 Å². The fourth-order valence-corrected chi connectivity index (χ4v) is 2.29. The molecule has 69 valence electrons. The van der Waals surface area contributed by atoms with Crippen molar-refractivity contribution < 1.29 is 13.2 Å². The quantitative estimate of drug-likeness (QED) is 0.589. The van der Waals surface area contributed by atoms with Crippen LogP contribution in [0.5, 0.6) is 0 Å². The molecular formula is C6H11N2O3S. The van der Waals surface area contributed by atoms with Gasteiger partial charge in [0.15, 0.2) is 0 Å². The van der Waals surface area contributed by atoms with Crippen molar-refractivity contribution in [2.75, 3.05) is 12.8 Å². The van der Waals surface area contributed by atoms with Crippen molar-refractivity contribution in [2.45, 2.75) is 12.5 Å². The molecule has 1 heterocycles. The molecule has 0 saturated carbocycles. The maximum Gasteiger partial charge on any atom is 0.236 e. The highest BCUT2D eigenvalue weighted by Gasteiger charge is 2.35. The Hall–Kier alpha value is -0.620. The Morgan fingerprint density at radius 2 is 2.25 bits per heavy atom. The number of amides is 1. The molecule has 1 aliphatic heterocycles. The molecule has 1 aliphatic rings. The Labute approximate surface area is 71.6 Å². The van der Waals surface area contributed by atoms with E-state index in [2.05, 4.69) is 0 Å². The van der Waals surface area contributed by atoms with E-state index in [1.807, 2.05) is 0 Å². The Kier molecular flexibility index (Phi) is 2.39. The van der Waals surface area contributed by atoms with E-state index >= 15 is 0 Å². The maximum absolute atomic E-state index is 11.0. The van der Waals surface area contributed by atoms with Gasteiger partial charge in [0.25, 0.3) is 0 Å². The van der Waals surface area contributed by atoms with Crippen molar-refractivity contribution >= 4 is 15.9 Å². The van der Waals surface area contributed by atoms with Gasteiger partial charge < -0.3 is 5.73 Å². The van der Waals surface area contributed by atoms with Gasteiger partial charge in [-0.1, -0.05) is 0 Å². The van der Waals surface area contributed by atoms with Crippen LogP contribution < -0.4 is 5.73 Å². The number of hydrogen-bond acceptors (Lipinski definition) is 3. The smallest absolute Gasteiger partial charge is 0.236 e. The molecule has 0 aliphatic carbocycles. The van der Waals surface area contributed by atoms with Gasteiger partial charge in [-0.3, -0.25) is 4.79 Å². The lowest BCUT2D eigenvalue weighted by atomic mass is 10.2. The zero-order valence-corrected chi connectivity index (χ0v) is 7.54. The maximum atomic E-state index is 11.0. The minimum absolute atomic E-state index is 0.354. The molecule has 0 aromatic rings. The lowest BCUT2D eigenvalue weighted by Crippen LogP contribution is -2.43. The molecule has 0 spiro atoms. The number of carbonyl (C=O) groups excluding carboxylic acids is 1. The number of nitrogens with two attached hydrogens (primary N) is 1. The number of nitrogens with zero attached hydrogens (tertiary/aromatic N) is 1. The van der Waals surface area contributed by atoms with E-state index in [1.54, 1.807) is 6.42 Å². The first-order valence-corrected chi connectivity index (χ1v) is 5.37. The van der Waals surface area contributed by atoms with Crippen LogP contribution >= 0.6 is 0 Å². The highest BCUT2D eigenvalue weighted by Crippen LogP contribution is 2.18. The van der Waals surface area contributed by atoms with E-state index in [0.717, 1.165) is 10.6 Å². The van der Waals surface area contributed by atoms with E-state index < -0.39 is 22.0 Å². The number of primary amides is 1. The minimum atomic E-state index is -3.30. The molecule has 0 aromatic carbocycles. The van der Waals surface area contributed by atoms with Gasteiger partial charge in [0.1, 0.15) is 6.04 Å². The molecule has 1 rings (SSSR count). The Bertz CT molecular complexity index is 285. The van der Waals surface area contributed by atoms with E-state index in [1.165, 1.54) is 0 Å². The molecular weight excluding hydrogens is 180 g/mol. The van der Waals surface area contributed by atoms with E-state index in [4.69, 9.17) is 5.73 Å². The molecule has 0 bridgehead atoms. The highest BCUT2D eigenvalue weighted by molar-refractivity contribution is 7.88. The first-order chi connectivity index (χ1) is 5.43. The number of hydrogen-bond donors (Lipinski definition) is 1. The van der Waals surface area contributed by atoms with E-state index in [0.29, 0.717) is 13.0 Å². The summed E-state index contributed by atoms with van der Waals surface area (Å²) in [6, 6.07) is -0.750. The van der Waals surface area contributed by atoms with Gasteiger partial charge in [0, 0.05) is 6.54 Å². The number of sulfonamides is 1. The summed E-state index contributed by atoms with van der Waals surface area (Å²) in [6.45, 7) is 0.354. The van der Waals surface area contributed by atoms with Crippen molar-refractivity contribution in [1.29, 1.82) is 0 Å². The monoisotopic (exact) mass is 191 g/mol. The predicted molar refractivity (Wildman–Crippen MR) is 43.4 cm³/mol. The van der Waals surface area contributed by atoms with Gasteiger partial charge >= 0.3 is 0 Å². The summed E-state index contributed by atoms with van der Waals surface area (Å²) >= 11 is 0. The molecule has 1 atom stereocenters. The molecule has 5 nitrogen and oxygen atoms in total. The predicted octanol–water partition coefficient (Wildman–Crippen LogP) is -1.29. The van der Waals surface area contributed by atoms with Crippen LogP contribution in [0.2, 0.25) is 0 Å². The lowest BCUT2D eigenvalue weighted by molar-refractivity contribution is -0.120. The zero-order valence-electron chi connectivity index (χ0n) is 6.73. The number of carbonyl (C=O) groups is 1. The third-order valence-corrected chi connectivity index (χ3v) is 3.03. The fraction of sp³-hybridized carbons (Fsp3) is 0.667. The zero-order chi connectivity index (χ0) is 9.35. The fourth-order valence-electron chi connectivity index (χ4n) is 1.25. The molecule has 1 fully saturated rings. The normalized spacial score (nSPS) is 25.9. The minimum Gasteiger partial charge on any atom is -0.368 e. The van der Waals surface area contributed by atoms with Crippen LogP contribution in [0.3, 0.4) is 0 Å². The molecule has 1 radical (unpaired) electrons. The summed E-state index contributed by atoms with van der Waals surface area (Å²) in [5.41, 5.74) is 5.01. The molecule has 0 unspecified atom stereocenters. The Morgan fingerprint density at radius 3 is 2.58 bits per heavy atom. The second-order valence-electron chi connectivity index (χ2n) is 2.75. The third kappa shape index (κ3) is 1.75. The summed E-state index contributed by atoms with van der Waals surface area (Å²) < 4.78 is 23.2. The third-order valence-electron chi connectivity index (χ3n) is 1.77. The van der Waals surface area contributed by atoms with Gasteiger partial charge in [-0.25, -0.2) is 8.42 Å². The van der Waals surface area contributed by atoms with Crippen LogP contribution in [0.15, 0.2) is 0 Å². The Balaban J connectivity index is 2.85. The van der Waals surface area contributed by atoms with Crippen molar-refractivity contribution in [3.63, 3.8) is 0 Å². The molecule has 2 N–H and O–H groups in total. The van der Waals surface area contributed by atoms with Gasteiger partial charge in [0.2, 0.25) is 15.9 Å². The molecule has 0 aromatic heterocycles. The Morgan fingerprint density at radius 1 is 1.67 bits per heavy atom. The van der Waals surface area contributed by atoms with Crippen molar-refractivity contribution in [2.24, 2.45) is 5.73 Å². The number of rotatable bonds is 2. The van der Waals surface area contributed by atoms with Gasteiger partial charge in [0.05, 0.1) is 6.26 Å². The molecule has 12 heavy (non-hydrogen) atoms. The molecule has 6 heteroatoms. The second kappa shape index (κ2) is 3.02. The average Bonchev–Trinajstić information content (AvgIpc) is 2.30. The molecule has 1 amide bonds. The summed E-state index contributed by atoms with van der Waals surface area (Å²) in [5.74, 6) is -0.613. The first-order valence-electron chi connectivity index (χ1n) is 3.52. The average molecular weight is 191 g/mol. The second-order valence-corrected chi connectivity index (χ2v) is 4.68. The summed E-state index contributed by atoms with van der Waals surface area (Å²) in [6.07, 6.45) is 3.27. The first kappa shape index (κ1) is 9.47. The summed E-state index contributed by atoms with van der Waals surface area (Å²) in [5, 5.41) is 0. The topological polar surface area (TPSA) is 80.5 Å². The van der Waals surface area contributed by atoms with Crippen molar-refractivity contribution in [3.05, 3.63) is 6.42 Å². The SMILES string of the molecule is CS(=O)(=O)N1CC[CH][C@H]1C(N)=O. The highest BCUT2D eigenvalue weighted by atomic mass is 32.2. The summed E-state index contributed by atoms with van der Waals surface area (Å²) in [7, 11) is -3.30. The van der Waals surface area contributed by atoms with Crippen LogP contribution in [-0.2, 0) is 14.8 Å². The lowest BCUT2D eigenvalue weighted by Gasteiger charge is -2.18. The largest absolute Gasteiger partial charge is 0.368 e. The van der Waals surface area contributed by atoms with Crippen LogP contribution in [0.1, 0.15) is 6.42 Å². The van der Waals surface area contributed by atoms with Crippen LogP contribution in [0.4, 0.5) is 0 Å². The van der Waals surface area contributed by atoms with Crippen LogP contribution in [0.25, 0.3) is 0 Å². The van der Waals surface area contributed by atoms with Gasteiger partial charge in [-0.05, 0) is 12.8 Å². The van der Waals surface area contributed by atoms with E-state index in [9.17, 15) is 13.2 Å². The van der Waals surface area contributed by atoms with Crippen LogP contribution in [0, 0.1) is 6.42 Å². The van der Waals surface area contributed by atoms with Gasteiger partial charge in [-0.2, -0.15) is 4.31 Å². The van der Waals surface area contributed by atoms with Crippen molar-refractivity contribution in [1.82, 2.24) is 4.31 Å². The standard InChI is InChI=1S/C6H11N2O3S/c1-12(10,11)8-4-2-3-5(8)6(7)9/h3,5H,2,4H2,1H3,(H2,7,9)/t5-/m0/s1. The van der Waals surface area contributed by atoms with Crippen LogP contribution in [-0.4, -0.2) is 37.5 Å². The summed E-state index contributed by atoms with van der Waals surface area (Å²) in [4.78, 5) is 10.7. The van der Waals surface area contributed by atoms with Gasteiger partial charge in [-0.15, -0.1) is 0 Å². The molecule has 1 saturated heterocycles.